The van der Waals surface area contributed by atoms with Crippen LogP contribution in [0.3, 0.4) is 0 Å². The van der Waals surface area contributed by atoms with E-state index in [4.69, 9.17) is 4.98 Å². The van der Waals surface area contributed by atoms with Crippen LogP contribution in [-0.2, 0) is 25.2 Å². The first-order chi connectivity index (χ1) is 19.2. The standard InChI is InChI=1S/C29H31N9O2/c1-5-13-37-27(39)21-16-31-28(34-26(21)38(37)24-8-6-7-23(33-24)29(2,3)40)32-20-11-9-19(10-12-20)22-17-30-25-18-35(4)14-15-36(22)25/h5-12,16-17,40H,1,13-15,18H2,2-4H3,(H,31,32,34). The molecule has 6 rings (SSSR count). The number of fused-ring (bicyclic) bond motifs is 2. The molecule has 1 aliphatic rings. The van der Waals surface area contributed by atoms with Crippen LogP contribution in [0.25, 0.3) is 28.1 Å². The van der Waals surface area contributed by atoms with E-state index >= 15 is 0 Å². The number of likely N-dealkylation sites (N-methyl/N-ethyl adjacent to an activating group) is 1. The van der Waals surface area contributed by atoms with Gasteiger partial charge in [-0.2, -0.15) is 4.98 Å². The van der Waals surface area contributed by atoms with Crippen LogP contribution in [0.15, 0.2) is 72.3 Å². The van der Waals surface area contributed by atoms with E-state index in [1.807, 2.05) is 30.5 Å². The fourth-order valence-electron chi connectivity index (χ4n) is 4.96. The van der Waals surface area contributed by atoms with Crippen LogP contribution in [0, 0.1) is 0 Å². The third-order valence-corrected chi connectivity index (χ3v) is 7.05. The molecule has 0 atom stereocenters. The minimum atomic E-state index is -1.15. The van der Waals surface area contributed by atoms with Gasteiger partial charge >= 0.3 is 0 Å². The molecule has 0 radical (unpaired) electrons. The second-order valence-electron chi connectivity index (χ2n) is 10.5. The molecule has 0 aliphatic carbocycles. The summed E-state index contributed by atoms with van der Waals surface area (Å²) in [6.45, 7) is 10.1. The number of allylic oxidation sites excluding steroid dienone is 1. The van der Waals surface area contributed by atoms with Gasteiger partial charge in [0.1, 0.15) is 16.8 Å². The fourth-order valence-corrected chi connectivity index (χ4v) is 4.96. The Kier molecular flexibility index (Phi) is 6.32. The van der Waals surface area contributed by atoms with Gasteiger partial charge in [0.2, 0.25) is 5.95 Å². The average molecular weight is 538 g/mol. The first kappa shape index (κ1) is 25.7. The summed E-state index contributed by atoms with van der Waals surface area (Å²) in [6.07, 6.45) is 5.09. The zero-order valence-electron chi connectivity index (χ0n) is 22.7. The number of benzene rings is 1. The van der Waals surface area contributed by atoms with Crippen molar-refractivity contribution in [2.24, 2.45) is 0 Å². The summed E-state index contributed by atoms with van der Waals surface area (Å²) in [4.78, 5) is 33.9. The predicted octanol–water partition coefficient (Wildman–Crippen LogP) is 3.44. The molecule has 2 N–H and O–H groups in total. The summed E-state index contributed by atoms with van der Waals surface area (Å²) in [5.74, 6) is 1.87. The molecule has 0 unspecified atom stereocenters. The Balaban J connectivity index is 1.35. The second-order valence-corrected chi connectivity index (χ2v) is 10.5. The Labute approximate surface area is 231 Å². The quantitative estimate of drug-likeness (QED) is 0.303. The topological polar surface area (TPSA) is 119 Å². The van der Waals surface area contributed by atoms with E-state index in [0.717, 1.165) is 42.4 Å². The molecule has 5 aromatic rings. The van der Waals surface area contributed by atoms with Crippen molar-refractivity contribution in [3.8, 4) is 17.1 Å². The highest BCUT2D eigenvalue weighted by Crippen LogP contribution is 2.26. The van der Waals surface area contributed by atoms with Crippen molar-refractivity contribution in [1.29, 1.82) is 0 Å². The van der Waals surface area contributed by atoms with Gasteiger partial charge < -0.3 is 15.0 Å². The second kappa shape index (κ2) is 9.85. The lowest BCUT2D eigenvalue weighted by Gasteiger charge is -2.24. The number of imidazole rings is 1. The minimum Gasteiger partial charge on any atom is -0.384 e. The number of anilines is 2. The Morgan fingerprint density at radius 3 is 2.62 bits per heavy atom. The smallest absolute Gasteiger partial charge is 0.278 e. The van der Waals surface area contributed by atoms with Crippen molar-refractivity contribution in [2.75, 3.05) is 18.9 Å². The highest BCUT2D eigenvalue weighted by Gasteiger charge is 2.22. The van der Waals surface area contributed by atoms with Crippen LogP contribution in [0.2, 0.25) is 0 Å². The maximum Gasteiger partial charge on any atom is 0.278 e. The maximum absolute atomic E-state index is 13.2. The zero-order chi connectivity index (χ0) is 28.0. The van der Waals surface area contributed by atoms with Crippen molar-refractivity contribution in [3.05, 3.63) is 89.4 Å². The Morgan fingerprint density at radius 2 is 1.88 bits per heavy atom. The van der Waals surface area contributed by atoms with E-state index in [9.17, 15) is 9.90 Å². The number of nitrogens with zero attached hydrogens (tertiary/aromatic N) is 8. The van der Waals surface area contributed by atoms with Crippen LogP contribution < -0.4 is 10.9 Å². The fraction of sp³-hybridized carbons (Fsp3) is 0.276. The number of hydrogen-bond acceptors (Lipinski definition) is 8. The molecule has 0 saturated heterocycles. The highest BCUT2D eigenvalue weighted by atomic mass is 16.3. The third kappa shape index (κ3) is 4.59. The average Bonchev–Trinajstić information content (AvgIpc) is 3.47. The zero-order valence-corrected chi connectivity index (χ0v) is 22.7. The lowest BCUT2D eigenvalue weighted by molar-refractivity contribution is 0.0738. The molecule has 0 amide bonds. The molecular formula is C29H31N9O2. The Morgan fingerprint density at radius 1 is 1.07 bits per heavy atom. The summed E-state index contributed by atoms with van der Waals surface area (Å²) in [6, 6.07) is 13.4. The molecule has 0 saturated carbocycles. The van der Waals surface area contributed by atoms with Crippen LogP contribution >= 0.6 is 0 Å². The number of aromatic nitrogens is 7. The molecular weight excluding hydrogens is 506 g/mol. The van der Waals surface area contributed by atoms with Crippen molar-refractivity contribution in [2.45, 2.75) is 39.1 Å². The lowest BCUT2D eigenvalue weighted by Crippen LogP contribution is -2.30. The summed E-state index contributed by atoms with van der Waals surface area (Å²) in [5.41, 5.74) is 2.46. The van der Waals surface area contributed by atoms with E-state index in [1.165, 1.54) is 10.9 Å². The summed E-state index contributed by atoms with van der Waals surface area (Å²) >= 11 is 0. The Bertz CT molecular complexity index is 1770. The van der Waals surface area contributed by atoms with Gasteiger partial charge in [0.15, 0.2) is 11.5 Å². The van der Waals surface area contributed by atoms with Crippen molar-refractivity contribution < 1.29 is 5.11 Å². The number of pyridine rings is 1. The monoisotopic (exact) mass is 537 g/mol. The number of aliphatic hydroxyl groups is 1. The van der Waals surface area contributed by atoms with Crippen LogP contribution in [-0.4, -0.2) is 57.5 Å². The van der Waals surface area contributed by atoms with E-state index in [-0.39, 0.29) is 12.1 Å². The first-order valence-corrected chi connectivity index (χ1v) is 13.1. The summed E-state index contributed by atoms with van der Waals surface area (Å²) in [5, 5.41) is 14.1. The molecule has 204 valence electrons. The highest BCUT2D eigenvalue weighted by molar-refractivity contribution is 5.77. The van der Waals surface area contributed by atoms with E-state index < -0.39 is 5.60 Å². The van der Waals surface area contributed by atoms with Crippen molar-refractivity contribution in [1.82, 2.24) is 38.8 Å². The molecule has 5 heterocycles. The maximum atomic E-state index is 13.2. The van der Waals surface area contributed by atoms with Gasteiger partial charge in [-0.1, -0.05) is 24.3 Å². The normalized spacial score (nSPS) is 13.9. The molecule has 11 nitrogen and oxygen atoms in total. The molecule has 0 fully saturated rings. The van der Waals surface area contributed by atoms with E-state index in [2.05, 4.69) is 43.4 Å². The number of rotatable bonds is 7. The summed E-state index contributed by atoms with van der Waals surface area (Å²) < 4.78 is 5.42. The SMILES string of the molecule is C=CCn1c(=O)c2cnc(Nc3ccc(-c4cnc5n4CCN(C)C5)cc3)nc2n1-c1cccc(C(C)(C)O)n1. The van der Waals surface area contributed by atoms with Gasteiger partial charge in [0.05, 0.1) is 30.7 Å². The number of hydrogen-bond donors (Lipinski definition) is 2. The molecule has 0 spiro atoms. The van der Waals surface area contributed by atoms with Crippen LogP contribution in [0.5, 0.6) is 0 Å². The molecule has 40 heavy (non-hydrogen) atoms. The van der Waals surface area contributed by atoms with Gasteiger partial charge in [-0.3, -0.25) is 9.69 Å². The van der Waals surface area contributed by atoms with Crippen molar-refractivity contribution in [3.63, 3.8) is 0 Å². The van der Waals surface area contributed by atoms with E-state index in [0.29, 0.717) is 28.5 Å². The van der Waals surface area contributed by atoms with Crippen LogP contribution in [0.4, 0.5) is 11.6 Å². The van der Waals surface area contributed by atoms with Crippen LogP contribution in [0.1, 0.15) is 25.4 Å². The van der Waals surface area contributed by atoms with Gasteiger partial charge in [0, 0.05) is 25.0 Å². The predicted molar refractivity (Wildman–Crippen MR) is 154 cm³/mol. The Hall–Kier alpha value is -4.61. The third-order valence-electron chi connectivity index (χ3n) is 7.05. The molecule has 1 aromatic carbocycles. The molecule has 1 aliphatic heterocycles. The largest absolute Gasteiger partial charge is 0.384 e. The first-order valence-electron chi connectivity index (χ1n) is 13.1. The van der Waals surface area contributed by atoms with Gasteiger partial charge in [-0.05, 0) is 50.7 Å². The molecule has 11 heteroatoms. The minimum absolute atomic E-state index is 0.252. The summed E-state index contributed by atoms with van der Waals surface area (Å²) in [7, 11) is 2.11. The molecule has 0 bridgehead atoms. The lowest BCUT2D eigenvalue weighted by atomic mass is 10.1. The van der Waals surface area contributed by atoms with E-state index in [1.54, 1.807) is 42.8 Å². The van der Waals surface area contributed by atoms with Crippen molar-refractivity contribution >= 4 is 22.7 Å². The number of nitrogens with one attached hydrogen (secondary N) is 1. The van der Waals surface area contributed by atoms with Gasteiger partial charge in [-0.25, -0.2) is 24.3 Å². The van der Waals surface area contributed by atoms with Gasteiger partial charge in [0.25, 0.3) is 5.56 Å². The molecule has 4 aromatic heterocycles. The van der Waals surface area contributed by atoms with Gasteiger partial charge in [-0.15, -0.1) is 6.58 Å².